The standard InChI is InChI=1S/C21H24N2O3S/c1-26-17-9-7-16(8-10-17)21(25)23-13-11-15(12-14-23)20(24)22-18-5-3-4-6-19(18)27-2/h3-10,15H,11-14H2,1-2H3,(H,22,24). The lowest BCUT2D eigenvalue weighted by Crippen LogP contribution is -2.41. The Morgan fingerprint density at radius 3 is 2.37 bits per heavy atom. The second kappa shape index (κ2) is 8.95. The fourth-order valence-electron chi connectivity index (χ4n) is 3.24. The van der Waals surface area contributed by atoms with Gasteiger partial charge in [0.05, 0.1) is 12.8 Å². The predicted molar refractivity (Wildman–Crippen MR) is 108 cm³/mol. The maximum absolute atomic E-state index is 12.6. The third-order valence-corrected chi connectivity index (χ3v) is 5.65. The van der Waals surface area contributed by atoms with E-state index in [1.165, 1.54) is 0 Å². The van der Waals surface area contributed by atoms with Gasteiger partial charge in [-0.05, 0) is 55.5 Å². The first-order chi connectivity index (χ1) is 13.1. The van der Waals surface area contributed by atoms with Crippen molar-refractivity contribution in [2.45, 2.75) is 17.7 Å². The molecule has 0 aliphatic carbocycles. The monoisotopic (exact) mass is 384 g/mol. The van der Waals surface area contributed by atoms with Gasteiger partial charge in [-0.2, -0.15) is 0 Å². The molecule has 2 amide bonds. The Kier molecular flexibility index (Phi) is 6.40. The Balaban J connectivity index is 1.56. The fourth-order valence-corrected chi connectivity index (χ4v) is 3.80. The van der Waals surface area contributed by atoms with Crippen molar-refractivity contribution in [2.75, 3.05) is 31.8 Å². The van der Waals surface area contributed by atoms with E-state index < -0.39 is 0 Å². The van der Waals surface area contributed by atoms with Crippen LogP contribution in [0.1, 0.15) is 23.2 Å². The minimum atomic E-state index is -0.0696. The van der Waals surface area contributed by atoms with Gasteiger partial charge in [0.15, 0.2) is 0 Å². The van der Waals surface area contributed by atoms with Crippen molar-refractivity contribution in [2.24, 2.45) is 5.92 Å². The number of para-hydroxylation sites is 1. The molecule has 1 fully saturated rings. The highest BCUT2D eigenvalue weighted by atomic mass is 32.2. The number of ether oxygens (including phenoxy) is 1. The molecule has 0 unspecified atom stereocenters. The fraction of sp³-hybridized carbons (Fsp3) is 0.333. The third-order valence-electron chi connectivity index (χ3n) is 4.85. The first kappa shape index (κ1) is 19.3. The minimum Gasteiger partial charge on any atom is -0.497 e. The second-order valence-corrected chi connectivity index (χ2v) is 7.33. The highest BCUT2D eigenvalue weighted by Crippen LogP contribution is 2.27. The van der Waals surface area contributed by atoms with Crippen LogP contribution in [0.15, 0.2) is 53.4 Å². The lowest BCUT2D eigenvalue weighted by Gasteiger charge is -2.31. The van der Waals surface area contributed by atoms with Gasteiger partial charge in [-0.25, -0.2) is 0 Å². The second-order valence-electron chi connectivity index (χ2n) is 6.48. The topological polar surface area (TPSA) is 58.6 Å². The van der Waals surface area contributed by atoms with Gasteiger partial charge >= 0.3 is 0 Å². The maximum atomic E-state index is 12.6. The molecule has 5 nitrogen and oxygen atoms in total. The number of anilines is 1. The van der Waals surface area contributed by atoms with Gasteiger partial charge in [0, 0.05) is 29.5 Å². The summed E-state index contributed by atoms with van der Waals surface area (Å²) in [7, 11) is 1.60. The number of methoxy groups -OCH3 is 1. The SMILES string of the molecule is COc1ccc(C(=O)N2CCC(C(=O)Nc3ccccc3SC)CC2)cc1. The van der Waals surface area contributed by atoms with Gasteiger partial charge in [-0.15, -0.1) is 11.8 Å². The molecular weight excluding hydrogens is 360 g/mol. The molecule has 0 saturated carbocycles. The molecular formula is C21H24N2O3S. The summed E-state index contributed by atoms with van der Waals surface area (Å²) in [5, 5.41) is 3.04. The summed E-state index contributed by atoms with van der Waals surface area (Å²) in [6.07, 6.45) is 3.35. The number of benzene rings is 2. The normalized spacial score (nSPS) is 14.7. The Bertz CT molecular complexity index is 799. The van der Waals surface area contributed by atoms with Crippen molar-refractivity contribution < 1.29 is 14.3 Å². The Morgan fingerprint density at radius 2 is 1.74 bits per heavy atom. The summed E-state index contributed by atoms with van der Waals surface area (Å²) < 4.78 is 5.13. The molecule has 0 bridgehead atoms. The number of nitrogens with one attached hydrogen (secondary N) is 1. The van der Waals surface area contributed by atoms with Crippen LogP contribution in [0.3, 0.4) is 0 Å². The molecule has 0 aromatic heterocycles. The molecule has 6 heteroatoms. The average Bonchev–Trinajstić information content (AvgIpc) is 2.73. The number of likely N-dealkylation sites (tertiary alicyclic amines) is 1. The minimum absolute atomic E-state index is 0.00393. The van der Waals surface area contributed by atoms with Crippen LogP contribution in [0.2, 0.25) is 0 Å². The molecule has 27 heavy (non-hydrogen) atoms. The molecule has 0 atom stereocenters. The van der Waals surface area contributed by atoms with E-state index in [4.69, 9.17) is 4.74 Å². The van der Waals surface area contributed by atoms with E-state index >= 15 is 0 Å². The number of carbonyl (C=O) groups is 2. The van der Waals surface area contributed by atoms with E-state index in [2.05, 4.69) is 5.32 Å². The molecule has 1 heterocycles. The molecule has 1 N–H and O–H groups in total. The first-order valence-corrected chi connectivity index (χ1v) is 10.2. The summed E-state index contributed by atoms with van der Waals surface area (Å²) in [4.78, 5) is 28.1. The van der Waals surface area contributed by atoms with Crippen molar-refractivity contribution >= 4 is 29.3 Å². The van der Waals surface area contributed by atoms with Gasteiger partial charge in [-0.1, -0.05) is 12.1 Å². The Morgan fingerprint density at radius 1 is 1.07 bits per heavy atom. The smallest absolute Gasteiger partial charge is 0.253 e. The number of hydrogen-bond donors (Lipinski definition) is 1. The summed E-state index contributed by atoms with van der Waals surface area (Å²) in [5.74, 6) is 0.699. The zero-order valence-electron chi connectivity index (χ0n) is 15.6. The van der Waals surface area contributed by atoms with Crippen molar-refractivity contribution in [1.29, 1.82) is 0 Å². The quantitative estimate of drug-likeness (QED) is 0.794. The zero-order chi connectivity index (χ0) is 19.2. The van der Waals surface area contributed by atoms with Gasteiger partial charge in [-0.3, -0.25) is 9.59 Å². The van der Waals surface area contributed by atoms with Gasteiger partial charge in [0.25, 0.3) is 5.91 Å². The van der Waals surface area contributed by atoms with E-state index in [0.717, 1.165) is 16.3 Å². The largest absolute Gasteiger partial charge is 0.497 e. The van der Waals surface area contributed by atoms with E-state index in [1.54, 1.807) is 43.1 Å². The number of piperidine rings is 1. The number of rotatable bonds is 5. The van der Waals surface area contributed by atoms with Crippen LogP contribution in [0.25, 0.3) is 0 Å². The maximum Gasteiger partial charge on any atom is 0.253 e. The molecule has 1 aliphatic heterocycles. The Hall–Kier alpha value is -2.47. The van der Waals surface area contributed by atoms with E-state index in [9.17, 15) is 9.59 Å². The van der Waals surface area contributed by atoms with Crippen molar-refractivity contribution in [3.8, 4) is 5.75 Å². The molecule has 142 valence electrons. The number of nitrogens with zero attached hydrogens (tertiary/aromatic N) is 1. The van der Waals surface area contributed by atoms with Crippen molar-refractivity contribution in [1.82, 2.24) is 4.90 Å². The van der Waals surface area contributed by atoms with Crippen molar-refractivity contribution in [3.63, 3.8) is 0 Å². The summed E-state index contributed by atoms with van der Waals surface area (Å²) in [5.41, 5.74) is 1.50. The molecule has 1 saturated heterocycles. The van der Waals surface area contributed by atoms with Crippen LogP contribution in [0.4, 0.5) is 5.69 Å². The lowest BCUT2D eigenvalue weighted by molar-refractivity contribution is -0.121. The lowest BCUT2D eigenvalue weighted by atomic mass is 9.95. The molecule has 2 aromatic rings. The third kappa shape index (κ3) is 4.63. The van der Waals surface area contributed by atoms with Gasteiger partial charge in [0.1, 0.15) is 5.75 Å². The molecule has 0 radical (unpaired) electrons. The number of amides is 2. The van der Waals surface area contributed by atoms with Crippen LogP contribution in [-0.2, 0) is 4.79 Å². The number of thioether (sulfide) groups is 1. The first-order valence-electron chi connectivity index (χ1n) is 8.99. The van der Waals surface area contributed by atoms with Gasteiger partial charge < -0.3 is 15.0 Å². The molecule has 2 aromatic carbocycles. The van der Waals surface area contributed by atoms with Gasteiger partial charge in [0.2, 0.25) is 5.91 Å². The predicted octanol–water partition coefficient (Wildman–Crippen LogP) is 3.91. The number of carbonyl (C=O) groups excluding carboxylic acids is 2. The summed E-state index contributed by atoms with van der Waals surface area (Å²) in [6, 6.07) is 14.9. The van der Waals surface area contributed by atoms with E-state index in [1.807, 2.05) is 35.4 Å². The van der Waals surface area contributed by atoms with E-state index in [-0.39, 0.29) is 17.7 Å². The summed E-state index contributed by atoms with van der Waals surface area (Å²) >= 11 is 1.61. The Labute approximate surface area is 164 Å². The summed E-state index contributed by atoms with van der Waals surface area (Å²) in [6.45, 7) is 1.18. The molecule has 1 aliphatic rings. The highest BCUT2D eigenvalue weighted by molar-refractivity contribution is 7.98. The van der Waals surface area contributed by atoms with Crippen LogP contribution in [0, 0.1) is 5.92 Å². The van der Waals surface area contributed by atoms with Crippen LogP contribution < -0.4 is 10.1 Å². The highest BCUT2D eigenvalue weighted by Gasteiger charge is 2.28. The average molecular weight is 385 g/mol. The van der Waals surface area contributed by atoms with Crippen molar-refractivity contribution in [3.05, 3.63) is 54.1 Å². The number of hydrogen-bond acceptors (Lipinski definition) is 4. The molecule has 0 spiro atoms. The van der Waals surface area contributed by atoms with Crippen LogP contribution in [-0.4, -0.2) is 43.2 Å². The zero-order valence-corrected chi connectivity index (χ0v) is 16.4. The van der Waals surface area contributed by atoms with E-state index in [0.29, 0.717) is 31.5 Å². The van der Waals surface area contributed by atoms with Crippen LogP contribution >= 0.6 is 11.8 Å². The molecule has 3 rings (SSSR count). The van der Waals surface area contributed by atoms with Crippen LogP contribution in [0.5, 0.6) is 5.75 Å².